The zero-order valence-electron chi connectivity index (χ0n) is 9.88. The van der Waals surface area contributed by atoms with E-state index >= 15 is 0 Å². The Hall–Kier alpha value is -1.62. The molecule has 2 rings (SSSR count). The van der Waals surface area contributed by atoms with Gasteiger partial charge in [0.15, 0.2) is 0 Å². The molecule has 0 spiro atoms. The molecule has 0 bridgehead atoms. The molecule has 0 unspecified atom stereocenters. The molecule has 1 aliphatic rings. The van der Waals surface area contributed by atoms with Crippen LogP contribution in [0.3, 0.4) is 0 Å². The van der Waals surface area contributed by atoms with E-state index in [1.54, 1.807) is 34.3 Å². The molecule has 0 N–H and O–H groups in total. The van der Waals surface area contributed by atoms with Gasteiger partial charge in [0.2, 0.25) is 5.91 Å². The van der Waals surface area contributed by atoms with E-state index in [0.29, 0.717) is 31.7 Å². The highest BCUT2D eigenvalue weighted by molar-refractivity contribution is 6.27. The second-order valence-corrected chi connectivity index (χ2v) is 4.31. The summed E-state index contributed by atoms with van der Waals surface area (Å²) in [5, 5.41) is 0. The smallest absolute Gasteiger partial charge is 0.254 e. The Bertz CT molecular complexity index is 430. The summed E-state index contributed by atoms with van der Waals surface area (Å²) in [6.45, 7) is 2.18. The van der Waals surface area contributed by atoms with Crippen LogP contribution >= 0.6 is 11.6 Å². The van der Waals surface area contributed by atoms with Crippen LogP contribution in [0.5, 0.6) is 0 Å². The molecule has 1 saturated heterocycles. The predicted molar refractivity (Wildman–Crippen MR) is 67.4 cm³/mol. The molecule has 0 aliphatic carbocycles. The number of hydrogen-bond acceptors (Lipinski definition) is 3. The Balaban J connectivity index is 1.94. The van der Waals surface area contributed by atoms with Gasteiger partial charge in [0.1, 0.15) is 5.88 Å². The van der Waals surface area contributed by atoms with Crippen molar-refractivity contribution in [1.29, 1.82) is 0 Å². The molecule has 0 saturated carbocycles. The number of piperazine rings is 1. The first-order valence-corrected chi connectivity index (χ1v) is 6.29. The zero-order valence-corrected chi connectivity index (χ0v) is 10.6. The van der Waals surface area contributed by atoms with Gasteiger partial charge in [-0.15, -0.1) is 11.6 Å². The molecule has 2 heterocycles. The van der Waals surface area contributed by atoms with Gasteiger partial charge in [-0.3, -0.25) is 14.6 Å². The third-order valence-corrected chi connectivity index (χ3v) is 3.19. The number of aromatic nitrogens is 1. The minimum Gasteiger partial charge on any atom is -0.338 e. The molecular weight excluding hydrogens is 254 g/mol. The van der Waals surface area contributed by atoms with Crippen molar-refractivity contribution in [3.8, 4) is 0 Å². The molecule has 0 radical (unpaired) electrons. The quantitative estimate of drug-likeness (QED) is 0.738. The van der Waals surface area contributed by atoms with Crippen molar-refractivity contribution in [3.05, 3.63) is 30.1 Å². The largest absolute Gasteiger partial charge is 0.338 e. The summed E-state index contributed by atoms with van der Waals surface area (Å²) in [4.78, 5) is 30.8. The lowest BCUT2D eigenvalue weighted by molar-refractivity contribution is -0.129. The maximum Gasteiger partial charge on any atom is 0.254 e. The minimum atomic E-state index is -0.0762. The van der Waals surface area contributed by atoms with Crippen molar-refractivity contribution >= 4 is 23.4 Å². The second-order valence-electron chi connectivity index (χ2n) is 4.04. The molecule has 18 heavy (non-hydrogen) atoms. The fourth-order valence-electron chi connectivity index (χ4n) is 1.92. The number of pyridine rings is 1. The summed E-state index contributed by atoms with van der Waals surface area (Å²) >= 11 is 5.50. The fourth-order valence-corrected chi connectivity index (χ4v) is 2.09. The van der Waals surface area contributed by atoms with Crippen molar-refractivity contribution in [2.45, 2.75) is 0 Å². The number of alkyl halides is 1. The van der Waals surface area contributed by atoms with Gasteiger partial charge in [0.25, 0.3) is 5.91 Å². The predicted octanol–water partition coefficient (Wildman–Crippen LogP) is 0.605. The van der Waals surface area contributed by atoms with Gasteiger partial charge in [0, 0.05) is 44.1 Å². The van der Waals surface area contributed by atoms with Crippen LogP contribution in [-0.2, 0) is 4.79 Å². The average molecular weight is 268 g/mol. The summed E-state index contributed by atoms with van der Waals surface area (Å²) in [5.74, 6) is -0.0961. The average Bonchev–Trinajstić information content (AvgIpc) is 2.47. The first-order chi connectivity index (χ1) is 8.72. The van der Waals surface area contributed by atoms with Gasteiger partial charge in [0.05, 0.1) is 0 Å². The van der Waals surface area contributed by atoms with E-state index in [9.17, 15) is 9.59 Å². The lowest BCUT2D eigenvalue weighted by Gasteiger charge is -2.34. The van der Waals surface area contributed by atoms with Gasteiger partial charge in [-0.25, -0.2) is 0 Å². The summed E-state index contributed by atoms with van der Waals surface area (Å²) in [5.41, 5.74) is 0.627. The lowest BCUT2D eigenvalue weighted by Crippen LogP contribution is -2.50. The monoisotopic (exact) mass is 267 g/mol. The van der Waals surface area contributed by atoms with Crippen LogP contribution in [0.2, 0.25) is 0 Å². The normalized spacial score (nSPS) is 15.6. The van der Waals surface area contributed by atoms with Crippen LogP contribution in [0.25, 0.3) is 0 Å². The first kappa shape index (κ1) is 12.8. The molecule has 0 aromatic carbocycles. The van der Waals surface area contributed by atoms with E-state index in [1.807, 2.05) is 0 Å². The highest BCUT2D eigenvalue weighted by atomic mass is 35.5. The maximum absolute atomic E-state index is 12.1. The van der Waals surface area contributed by atoms with Gasteiger partial charge in [-0.05, 0) is 12.1 Å². The standard InChI is InChI=1S/C12H14ClN3O2/c13-9-11(17)15-5-7-16(8-6-15)12(18)10-1-3-14-4-2-10/h1-4H,5-9H2. The molecule has 1 aliphatic heterocycles. The molecule has 1 aromatic heterocycles. The number of nitrogens with zero attached hydrogens (tertiary/aromatic N) is 3. The van der Waals surface area contributed by atoms with Crippen LogP contribution in [0.4, 0.5) is 0 Å². The van der Waals surface area contributed by atoms with Gasteiger partial charge >= 0.3 is 0 Å². The number of carbonyl (C=O) groups is 2. The van der Waals surface area contributed by atoms with E-state index in [4.69, 9.17) is 11.6 Å². The Kier molecular flexibility index (Phi) is 4.15. The number of amides is 2. The summed E-state index contributed by atoms with van der Waals surface area (Å²) in [7, 11) is 0. The molecule has 6 heteroatoms. The van der Waals surface area contributed by atoms with E-state index in [-0.39, 0.29) is 17.7 Å². The number of rotatable bonds is 2. The van der Waals surface area contributed by atoms with Crippen molar-refractivity contribution in [3.63, 3.8) is 0 Å². The van der Waals surface area contributed by atoms with Gasteiger partial charge < -0.3 is 9.80 Å². The highest BCUT2D eigenvalue weighted by Gasteiger charge is 2.24. The Morgan fingerprint density at radius 3 is 2.22 bits per heavy atom. The van der Waals surface area contributed by atoms with E-state index in [1.165, 1.54) is 0 Å². The van der Waals surface area contributed by atoms with Crippen LogP contribution in [0, 0.1) is 0 Å². The van der Waals surface area contributed by atoms with E-state index in [2.05, 4.69) is 4.98 Å². The van der Waals surface area contributed by atoms with Crippen LogP contribution in [0.15, 0.2) is 24.5 Å². The third-order valence-electron chi connectivity index (χ3n) is 2.96. The molecule has 2 amide bonds. The first-order valence-electron chi connectivity index (χ1n) is 5.75. The Morgan fingerprint density at radius 2 is 1.67 bits per heavy atom. The van der Waals surface area contributed by atoms with Crippen LogP contribution in [-0.4, -0.2) is 58.7 Å². The van der Waals surface area contributed by atoms with E-state index < -0.39 is 0 Å². The zero-order chi connectivity index (χ0) is 13.0. The Morgan fingerprint density at radius 1 is 1.11 bits per heavy atom. The summed E-state index contributed by atoms with van der Waals surface area (Å²) in [6, 6.07) is 3.39. The number of halogens is 1. The number of hydrogen-bond donors (Lipinski definition) is 0. The lowest BCUT2D eigenvalue weighted by atomic mass is 10.2. The van der Waals surface area contributed by atoms with Crippen LogP contribution < -0.4 is 0 Å². The van der Waals surface area contributed by atoms with Crippen molar-refractivity contribution in [2.75, 3.05) is 32.1 Å². The molecule has 1 aromatic rings. The molecular formula is C12H14ClN3O2. The molecule has 5 nitrogen and oxygen atoms in total. The topological polar surface area (TPSA) is 53.5 Å². The second kappa shape index (κ2) is 5.82. The molecule has 96 valence electrons. The van der Waals surface area contributed by atoms with Crippen molar-refractivity contribution < 1.29 is 9.59 Å². The maximum atomic E-state index is 12.1. The van der Waals surface area contributed by atoms with E-state index in [0.717, 1.165) is 0 Å². The summed E-state index contributed by atoms with van der Waals surface area (Å²) in [6.07, 6.45) is 3.20. The number of carbonyl (C=O) groups excluding carboxylic acids is 2. The minimum absolute atomic E-state index is 0.00169. The third kappa shape index (κ3) is 2.79. The van der Waals surface area contributed by atoms with Crippen molar-refractivity contribution in [2.24, 2.45) is 0 Å². The van der Waals surface area contributed by atoms with Crippen LogP contribution in [0.1, 0.15) is 10.4 Å². The van der Waals surface area contributed by atoms with Crippen molar-refractivity contribution in [1.82, 2.24) is 14.8 Å². The molecule has 0 atom stereocenters. The summed E-state index contributed by atoms with van der Waals surface area (Å²) < 4.78 is 0. The highest BCUT2D eigenvalue weighted by Crippen LogP contribution is 2.08. The van der Waals surface area contributed by atoms with Gasteiger partial charge in [-0.2, -0.15) is 0 Å². The Labute approximate surface area is 110 Å². The molecule has 1 fully saturated rings. The van der Waals surface area contributed by atoms with Gasteiger partial charge in [-0.1, -0.05) is 0 Å². The fraction of sp³-hybridized carbons (Fsp3) is 0.417. The SMILES string of the molecule is O=C(CCl)N1CCN(C(=O)c2ccncc2)CC1.